The van der Waals surface area contributed by atoms with Gasteiger partial charge in [0.15, 0.2) is 5.60 Å². The molecule has 1 saturated carbocycles. The number of hydrogen-bond donors (Lipinski definition) is 4. The molecule has 0 aromatic rings. The van der Waals surface area contributed by atoms with Gasteiger partial charge in [0.25, 0.3) is 0 Å². The highest BCUT2D eigenvalue weighted by Gasteiger charge is 2.70. The summed E-state index contributed by atoms with van der Waals surface area (Å²) >= 11 is 0. The zero-order valence-electron chi connectivity index (χ0n) is 13.0. The summed E-state index contributed by atoms with van der Waals surface area (Å²) in [7, 11) is 0. The van der Waals surface area contributed by atoms with Crippen molar-refractivity contribution in [3.63, 3.8) is 0 Å². The molecule has 0 bridgehead atoms. The van der Waals surface area contributed by atoms with Gasteiger partial charge in [0, 0.05) is 6.42 Å². The SMILES string of the molecule is CCCCCCCCCC1OC2(O)CCC(O)C2(O)C1O. The molecule has 0 aromatic carbocycles. The van der Waals surface area contributed by atoms with Crippen LogP contribution in [0.5, 0.6) is 0 Å². The fourth-order valence-electron chi connectivity index (χ4n) is 3.71. The van der Waals surface area contributed by atoms with Crippen LogP contribution in [0.3, 0.4) is 0 Å². The third-order valence-electron chi connectivity index (χ3n) is 5.13. The van der Waals surface area contributed by atoms with Crippen molar-refractivity contribution >= 4 is 0 Å². The van der Waals surface area contributed by atoms with Crippen LogP contribution < -0.4 is 0 Å². The second-order valence-electron chi connectivity index (χ2n) is 6.68. The topological polar surface area (TPSA) is 90.2 Å². The third-order valence-corrected chi connectivity index (χ3v) is 5.13. The molecule has 1 heterocycles. The first-order valence-corrected chi connectivity index (χ1v) is 8.44. The molecule has 0 amide bonds. The number of hydrogen-bond acceptors (Lipinski definition) is 5. The van der Waals surface area contributed by atoms with Gasteiger partial charge in [0.1, 0.15) is 6.10 Å². The Morgan fingerprint density at radius 1 is 1.00 bits per heavy atom. The Morgan fingerprint density at radius 3 is 2.24 bits per heavy atom. The van der Waals surface area contributed by atoms with Gasteiger partial charge in [-0.1, -0.05) is 51.9 Å². The van der Waals surface area contributed by atoms with Gasteiger partial charge in [0.2, 0.25) is 5.79 Å². The summed E-state index contributed by atoms with van der Waals surface area (Å²) in [6.07, 6.45) is 6.22. The average molecular weight is 302 g/mol. The quantitative estimate of drug-likeness (QED) is 0.510. The minimum Gasteiger partial charge on any atom is -0.390 e. The smallest absolute Gasteiger partial charge is 0.200 e. The highest BCUT2D eigenvalue weighted by atomic mass is 16.7. The van der Waals surface area contributed by atoms with Crippen molar-refractivity contribution < 1.29 is 25.2 Å². The number of fused-ring (bicyclic) bond motifs is 1. The first kappa shape index (κ1) is 17.2. The molecule has 1 aliphatic heterocycles. The van der Waals surface area contributed by atoms with Gasteiger partial charge in [-0.2, -0.15) is 0 Å². The van der Waals surface area contributed by atoms with Crippen LogP contribution in [-0.2, 0) is 4.74 Å². The summed E-state index contributed by atoms with van der Waals surface area (Å²) in [6, 6.07) is 0. The minimum atomic E-state index is -1.93. The number of unbranched alkanes of at least 4 members (excludes halogenated alkanes) is 6. The van der Waals surface area contributed by atoms with Gasteiger partial charge in [0.05, 0.1) is 12.2 Å². The van der Waals surface area contributed by atoms with E-state index in [0.717, 1.165) is 12.8 Å². The largest absolute Gasteiger partial charge is 0.390 e. The molecule has 21 heavy (non-hydrogen) atoms. The van der Waals surface area contributed by atoms with Crippen molar-refractivity contribution in [1.29, 1.82) is 0 Å². The molecule has 0 radical (unpaired) electrons. The van der Waals surface area contributed by atoms with Crippen LogP contribution in [0.25, 0.3) is 0 Å². The van der Waals surface area contributed by atoms with Crippen LogP contribution >= 0.6 is 0 Å². The maximum atomic E-state index is 10.4. The fourth-order valence-corrected chi connectivity index (χ4v) is 3.71. The maximum absolute atomic E-state index is 10.4. The van der Waals surface area contributed by atoms with Gasteiger partial charge in [-0.15, -0.1) is 0 Å². The summed E-state index contributed by atoms with van der Waals surface area (Å²) in [5.41, 5.74) is -1.93. The Hall–Kier alpha value is -0.200. The summed E-state index contributed by atoms with van der Waals surface area (Å²) < 4.78 is 5.50. The number of rotatable bonds is 8. The van der Waals surface area contributed by atoms with E-state index in [9.17, 15) is 20.4 Å². The van der Waals surface area contributed by atoms with Crippen molar-refractivity contribution in [1.82, 2.24) is 0 Å². The van der Waals surface area contributed by atoms with Gasteiger partial charge >= 0.3 is 0 Å². The number of aliphatic hydroxyl groups is 4. The highest BCUT2D eigenvalue weighted by Crippen LogP contribution is 2.50. The highest BCUT2D eigenvalue weighted by molar-refractivity contribution is 5.15. The Bertz CT molecular complexity index is 337. The van der Waals surface area contributed by atoms with Crippen LogP contribution in [0.2, 0.25) is 0 Å². The maximum Gasteiger partial charge on any atom is 0.200 e. The van der Waals surface area contributed by atoms with Crippen LogP contribution in [0.4, 0.5) is 0 Å². The summed E-state index contributed by atoms with van der Waals surface area (Å²) in [4.78, 5) is 0. The molecule has 0 aromatic heterocycles. The summed E-state index contributed by atoms with van der Waals surface area (Å²) in [6.45, 7) is 2.19. The summed E-state index contributed by atoms with van der Waals surface area (Å²) in [5.74, 6) is -1.79. The van der Waals surface area contributed by atoms with E-state index in [0.29, 0.717) is 6.42 Å². The van der Waals surface area contributed by atoms with E-state index in [1.165, 1.54) is 32.1 Å². The molecule has 4 N–H and O–H groups in total. The van der Waals surface area contributed by atoms with E-state index in [4.69, 9.17) is 4.74 Å². The van der Waals surface area contributed by atoms with Crippen molar-refractivity contribution in [3.05, 3.63) is 0 Å². The lowest BCUT2D eigenvalue weighted by molar-refractivity contribution is -0.265. The minimum absolute atomic E-state index is 0.162. The number of ether oxygens (including phenoxy) is 1. The van der Waals surface area contributed by atoms with Crippen LogP contribution in [-0.4, -0.2) is 50.1 Å². The van der Waals surface area contributed by atoms with Gasteiger partial charge in [-0.25, -0.2) is 0 Å². The number of aliphatic hydroxyl groups excluding tert-OH is 2. The Balaban J connectivity index is 1.74. The molecule has 1 aliphatic carbocycles. The zero-order valence-corrected chi connectivity index (χ0v) is 13.0. The second-order valence-corrected chi connectivity index (χ2v) is 6.68. The monoisotopic (exact) mass is 302 g/mol. The van der Waals surface area contributed by atoms with E-state index in [2.05, 4.69) is 6.92 Å². The fraction of sp³-hybridized carbons (Fsp3) is 1.00. The van der Waals surface area contributed by atoms with E-state index in [-0.39, 0.29) is 12.8 Å². The first-order valence-electron chi connectivity index (χ1n) is 8.44. The standard InChI is InChI=1S/C16H30O5/c1-2-3-4-5-6-7-8-9-12-14(18)16(20)13(17)10-11-15(16,19)21-12/h12-14,17-20H,2-11H2,1H3. The molecule has 5 nitrogen and oxygen atoms in total. The molecule has 124 valence electrons. The van der Waals surface area contributed by atoms with E-state index in [1.807, 2.05) is 0 Å². The zero-order chi connectivity index (χ0) is 15.5. The van der Waals surface area contributed by atoms with Crippen LogP contribution in [0, 0.1) is 0 Å². The predicted octanol–water partition coefficient (Wildman–Crippen LogP) is 1.46. The molecule has 5 unspecified atom stereocenters. The second kappa shape index (κ2) is 6.92. The van der Waals surface area contributed by atoms with E-state index in [1.54, 1.807) is 0 Å². The lowest BCUT2D eigenvalue weighted by atomic mass is 9.87. The molecule has 1 saturated heterocycles. The average Bonchev–Trinajstić information content (AvgIpc) is 2.80. The van der Waals surface area contributed by atoms with E-state index >= 15 is 0 Å². The van der Waals surface area contributed by atoms with E-state index < -0.39 is 29.7 Å². The molecule has 5 heteroatoms. The molecule has 2 fully saturated rings. The normalized spacial score (nSPS) is 42.4. The molecule has 2 rings (SSSR count). The molecular weight excluding hydrogens is 272 g/mol. The van der Waals surface area contributed by atoms with Gasteiger partial charge < -0.3 is 25.2 Å². The van der Waals surface area contributed by atoms with Crippen molar-refractivity contribution in [2.24, 2.45) is 0 Å². The van der Waals surface area contributed by atoms with Crippen molar-refractivity contribution in [2.45, 2.75) is 101 Å². The molecule has 0 spiro atoms. The van der Waals surface area contributed by atoms with Gasteiger partial charge in [-0.05, 0) is 12.8 Å². The first-order chi connectivity index (χ1) is 9.95. The lowest BCUT2D eigenvalue weighted by Crippen LogP contribution is -2.58. The molecule has 5 atom stereocenters. The Kier molecular flexibility index (Phi) is 5.65. The van der Waals surface area contributed by atoms with Crippen molar-refractivity contribution in [3.8, 4) is 0 Å². The molecular formula is C16H30O5. The van der Waals surface area contributed by atoms with Crippen LogP contribution in [0.1, 0.15) is 71.1 Å². The van der Waals surface area contributed by atoms with Gasteiger partial charge in [-0.3, -0.25) is 0 Å². The predicted molar refractivity (Wildman–Crippen MR) is 78.6 cm³/mol. The molecule has 2 aliphatic rings. The third kappa shape index (κ3) is 3.13. The van der Waals surface area contributed by atoms with Crippen molar-refractivity contribution in [2.75, 3.05) is 0 Å². The Labute approximate surface area is 126 Å². The summed E-state index contributed by atoms with van der Waals surface area (Å²) in [5, 5.41) is 40.8. The lowest BCUT2D eigenvalue weighted by Gasteiger charge is -2.33. The Morgan fingerprint density at radius 2 is 1.62 bits per heavy atom. The van der Waals surface area contributed by atoms with Crippen LogP contribution in [0.15, 0.2) is 0 Å².